The summed E-state index contributed by atoms with van der Waals surface area (Å²) < 4.78 is 39.9. The molecule has 3 rings (SSSR count). The highest BCUT2D eigenvalue weighted by molar-refractivity contribution is 5.78. The van der Waals surface area contributed by atoms with Gasteiger partial charge in [0, 0.05) is 31.4 Å². The van der Waals surface area contributed by atoms with E-state index in [1.165, 1.54) is 12.1 Å². The van der Waals surface area contributed by atoms with Crippen molar-refractivity contribution < 1.29 is 18.0 Å². The molecular formula is C19H19F3N2O. The van der Waals surface area contributed by atoms with Crippen LogP contribution in [0, 0.1) is 23.4 Å². The zero-order valence-electron chi connectivity index (χ0n) is 13.6. The molecule has 1 heterocycles. The van der Waals surface area contributed by atoms with Crippen molar-refractivity contribution in [2.45, 2.75) is 12.8 Å². The van der Waals surface area contributed by atoms with Crippen molar-refractivity contribution in [1.29, 1.82) is 0 Å². The topological polar surface area (TPSA) is 32.3 Å². The van der Waals surface area contributed by atoms with Crippen molar-refractivity contribution in [2.75, 3.05) is 24.5 Å². The van der Waals surface area contributed by atoms with Crippen molar-refractivity contribution in [3.05, 3.63) is 65.5 Å². The number of halogens is 3. The minimum Gasteiger partial charge on any atom is -0.371 e. The molecule has 0 unspecified atom stereocenters. The van der Waals surface area contributed by atoms with E-state index in [1.54, 1.807) is 24.3 Å². The fraction of sp³-hybridized carbons (Fsp3) is 0.316. The first kappa shape index (κ1) is 17.3. The Bertz CT molecular complexity index is 766. The minimum absolute atomic E-state index is 0.00623. The summed E-state index contributed by atoms with van der Waals surface area (Å²) >= 11 is 0. The van der Waals surface area contributed by atoms with Crippen molar-refractivity contribution in [3.63, 3.8) is 0 Å². The van der Waals surface area contributed by atoms with Crippen molar-refractivity contribution in [1.82, 2.24) is 5.32 Å². The summed E-state index contributed by atoms with van der Waals surface area (Å²) in [7, 11) is 0. The molecule has 2 aromatic rings. The van der Waals surface area contributed by atoms with Crippen LogP contribution in [0.15, 0.2) is 42.5 Å². The molecule has 2 aromatic carbocycles. The molecule has 1 atom stereocenters. The van der Waals surface area contributed by atoms with E-state index < -0.39 is 11.6 Å². The smallest absolute Gasteiger partial charge is 0.224 e. The lowest BCUT2D eigenvalue weighted by Crippen LogP contribution is -2.32. The van der Waals surface area contributed by atoms with Gasteiger partial charge in [-0.3, -0.25) is 4.79 Å². The van der Waals surface area contributed by atoms with Gasteiger partial charge in [0.15, 0.2) is 11.6 Å². The lowest BCUT2D eigenvalue weighted by Gasteiger charge is -2.19. The average Bonchev–Trinajstić information content (AvgIpc) is 3.07. The molecule has 1 aliphatic rings. The van der Waals surface area contributed by atoms with Crippen molar-refractivity contribution in [3.8, 4) is 0 Å². The lowest BCUT2D eigenvalue weighted by molar-refractivity contribution is -0.120. The molecule has 1 fully saturated rings. The van der Waals surface area contributed by atoms with Crippen LogP contribution in [0.25, 0.3) is 0 Å². The number of anilines is 1. The molecule has 1 saturated heterocycles. The largest absolute Gasteiger partial charge is 0.371 e. The maximum absolute atomic E-state index is 13.5. The van der Waals surface area contributed by atoms with E-state index in [-0.39, 0.29) is 24.1 Å². The third kappa shape index (κ3) is 4.32. The summed E-state index contributed by atoms with van der Waals surface area (Å²) in [4.78, 5) is 13.9. The van der Waals surface area contributed by atoms with Crippen molar-refractivity contribution >= 4 is 11.6 Å². The predicted octanol–water partition coefficient (Wildman–Crippen LogP) is 3.29. The van der Waals surface area contributed by atoms with E-state index in [1.807, 2.05) is 4.90 Å². The Kier molecular flexibility index (Phi) is 5.26. The molecule has 3 nitrogen and oxygen atoms in total. The third-order valence-electron chi connectivity index (χ3n) is 4.45. The second kappa shape index (κ2) is 7.59. The molecule has 0 bridgehead atoms. The first-order valence-corrected chi connectivity index (χ1v) is 8.23. The summed E-state index contributed by atoms with van der Waals surface area (Å²) in [6.07, 6.45) is 0.852. The molecular weight excluding hydrogens is 329 g/mol. The standard InChI is InChI=1S/C19H19F3N2O/c20-16-4-2-1-3-14(16)9-19(25)23-11-13-7-8-24(12-13)15-5-6-17(21)18(22)10-15/h1-6,10,13H,7-9,11-12H2,(H,23,25)/t13-/m0/s1. The fourth-order valence-corrected chi connectivity index (χ4v) is 3.05. The molecule has 1 aliphatic heterocycles. The molecule has 25 heavy (non-hydrogen) atoms. The monoisotopic (exact) mass is 348 g/mol. The first-order chi connectivity index (χ1) is 12.0. The Morgan fingerprint density at radius 1 is 1.08 bits per heavy atom. The number of benzene rings is 2. The summed E-state index contributed by atoms with van der Waals surface area (Å²) in [6.45, 7) is 1.86. The summed E-state index contributed by atoms with van der Waals surface area (Å²) in [5.41, 5.74) is 1.01. The zero-order valence-corrected chi connectivity index (χ0v) is 13.6. The maximum Gasteiger partial charge on any atom is 0.224 e. The number of amides is 1. The highest BCUT2D eigenvalue weighted by atomic mass is 19.2. The number of rotatable bonds is 5. The maximum atomic E-state index is 13.5. The zero-order chi connectivity index (χ0) is 17.8. The Balaban J connectivity index is 1.49. The van der Waals surface area contributed by atoms with Gasteiger partial charge < -0.3 is 10.2 Å². The van der Waals surface area contributed by atoms with E-state index in [4.69, 9.17) is 0 Å². The molecule has 132 valence electrons. The van der Waals surface area contributed by atoms with Gasteiger partial charge in [-0.2, -0.15) is 0 Å². The Morgan fingerprint density at radius 3 is 2.64 bits per heavy atom. The van der Waals surface area contributed by atoms with Crippen LogP contribution in [0.2, 0.25) is 0 Å². The average molecular weight is 348 g/mol. The molecule has 0 spiro atoms. The van der Waals surface area contributed by atoms with Crippen LogP contribution < -0.4 is 10.2 Å². The van der Waals surface area contributed by atoms with Gasteiger partial charge in [0.1, 0.15) is 5.82 Å². The number of nitrogens with one attached hydrogen (secondary N) is 1. The summed E-state index contributed by atoms with van der Waals surface area (Å²) in [6, 6.07) is 10.1. The number of carbonyl (C=O) groups excluding carboxylic acids is 1. The highest BCUT2D eigenvalue weighted by Gasteiger charge is 2.23. The quantitative estimate of drug-likeness (QED) is 0.899. The van der Waals surface area contributed by atoms with E-state index in [9.17, 15) is 18.0 Å². The fourth-order valence-electron chi connectivity index (χ4n) is 3.05. The SMILES string of the molecule is O=C(Cc1ccccc1F)NC[C@@H]1CCN(c2ccc(F)c(F)c2)C1. The van der Waals surface area contributed by atoms with Crippen LogP contribution in [0.1, 0.15) is 12.0 Å². The Labute approximate surface area is 144 Å². The van der Waals surface area contributed by atoms with Crippen LogP contribution in [-0.2, 0) is 11.2 Å². The second-order valence-corrected chi connectivity index (χ2v) is 6.27. The lowest BCUT2D eigenvalue weighted by atomic mass is 10.1. The molecule has 0 saturated carbocycles. The number of nitrogens with zero attached hydrogens (tertiary/aromatic N) is 1. The first-order valence-electron chi connectivity index (χ1n) is 8.23. The summed E-state index contributed by atoms with van der Waals surface area (Å²) in [5, 5.41) is 2.83. The molecule has 0 radical (unpaired) electrons. The van der Waals surface area contributed by atoms with Crippen LogP contribution in [0.4, 0.5) is 18.9 Å². The number of hydrogen-bond acceptors (Lipinski definition) is 2. The summed E-state index contributed by atoms with van der Waals surface area (Å²) in [5.74, 6) is -2.11. The van der Waals surface area contributed by atoms with Gasteiger partial charge in [-0.1, -0.05) is 18.2 Å². The highest BCUT2D eigenvalue weighted by Crippen LogP contribution is 2.25. The minimum atomic E-state index is -0.862. The Hall–Kier alpha value is -2.50. The van der Waals surface area contributed by atoms with Gasteiger partial charge in [0.25, 0.3) is 0 Å². The van der Waals surface area contributed by atoms with Gasteiger partial charge in [0.2, 0.25) is 5.91 Å². The molecule has 6 heteroatoms. The van der Waals surface area contributed by atoms with E-state index in [0.717, 1.165) is 19.0 Å². The second-order valence-electron chi connectivity index (χ2n) is 6.27. The predicted molar refractivity (Wildman–Crippen MR) is 89.8 cm³/mol. The van der Waals surface area contributed by atoms with E-state index >= 15 is 0 Å². The van der Waals surface area contributed by atoms with Gasteiger partial charge in [-0.15, -0.1) is 0 Å². The number of carbonyl (C=O) groups is 1. The van der Waals surface area contributed by atoms with Crippen LogP contribution in [0.3, 0.4) is 0 Å². The van der Waals surface area contributed by atoms with Crippen molar-refractivity contribution in [2.24, 2.45) is 5.92 Å². The molecule has 0 aromatic heterocycles. The van der Waals surface area contributed by atoms with Gasteiger partial charge in [-0.25, -0.2) is 13.2 Å². The van der Waals surface area contributed by atoms with Gasteiger partial charge in [-0.05, 0) is 36.1 Å². The van der Waals surface area contributed by atoms with Gasteiger partial charge in [0.05, 0.1) is 6.42 Å². The van der Waals surface area contributed by atoms with Crippen LogP contribution in [0.5, 0.6) is 0 Å². The van der Waals surface area contributed by atoms with E-state index in [0.29, 0.717) is 24.3 Å². The number of hydrogen-bond donors (Lipinski definition) is 1. The third-order valence-corrected chi connectivity index (χ3v) is 4.45. The van der Waals surface area contributed by atoms with E-state index in [2.05, 4.69) is 5.32 Å². The molecule has 1 amide bonds. The Morgan fingerprint density at radius 2 is 1.88 bits per heavy atom. The van der Waals surface area contributed by atoms with Crippen LogP contribution in [-0.4, -0.2) is 25.5 Å². The molecule has 0 aliphatic carbocycles. The molecule has 1 N–H and O–H groups in total. The normalized spacial score (nSPS) is 16.9. The van der Waals surface area contributed by atoms with Gasteiger partial charge >= 0.3 is 0 Å². The van der Waals surface area contributed by atoms with Crippen LogP contribution >= 0.6 is 0 Å².